The summed E-state index contributed by atoms with van der Waals surface area (Å²) < 4.78 is 0. The van der Waals surface area contributed by atoms with E-state index in [9.17, 15) is 4.79 Å². The zero-order valence-electron chi connectivity index (χ0n) is 8.87. The maximum Gasteiger partial charge on any atom is 0.305 e. The van der Waals surface area contributed by atoms with Gasteiger partial charge in [-0.15, -0.1) is 0 Å². The van der Waals surface area contributed by atoms with Gasteiger partial charge in [0.15, 0.2) is 0 Å². The molecular weight excluding hydrogens is 212 g/mol. The standard InChI is InChI=1S/C10H18N2O2S/c13-9(14)6-10(7-11-8-10)12-2-1-4-15-5-3-12/h11H,1-8H2,(H,13,14). The minimum Gasteiger partial charge on any atom is -0.481 e. The van der Waals surface area contributed by atoms with Crippen molar-refractivity contribution in [2.75, 3.05) is 37.7 Å². The van der Waals surface area contributed by atoms with E-state index >= 15 is 0 Å². The van der Waals surface area contributed by atoms with Crippen molar-refractivity contribution in [3.63, 3.8) is 0 Å². The SMILES string of the molecule is O=C(O)CC1(N2CCCSCC2)CNC1. The highest BCUT2D eigenvalue weighted by atomic mass is 32.2. The van der Waals surface area contributed by atoms with Crippen LogP contribution in [-0.4, -0.2) is 59.2 Å². The first-order valence-corrected chi connectivity index (χ1v) is 6.64. The Morgan fingerprint density at radius 1 is 1.40 bits per heavy atom. The van der Waals surface area contributed by atoms with Crippen molar-refractivity contribution in [1.29, 1.82) is 0 Å². The van der Waals surface area contributed by atoms with E-state index in [1.54, 1.807) is 0 Å². The van der Waals surface area contributed by atoms with Gasteiger partial charge < -0.3 is 10.4 Å². The molecule has 2 heterocycles. The quantitative estimate of drug-likeness (QED) is 0.727. The minimum atomic E-state index is -0.673. The normalized spacial score (nSPS) is 26.7. The average Bonchev–Trinajstić information content (AvgIpc) is 2.39. The molecule has 0 amide bonds. The highest BCUT2D eigenvalue weighted by Gasteiger charge is 2.44. The summed E-state index contributed by atoms with van der Waals surface area (Å²) in [6, 6.07) is 0. The highest BCUT2D eigenvalue weighted by Crippen LogP contribution is 2.27. The molecule has 0 atom stereocenters. The van der Waals surface area contributed by atoms with Crippen molar-refractivity contribution >= 4 is 17.7 Å². The number of carboxylic acid groups (broad SMARTS) is 1. The van der Waals surface area contributed by atoms with E-state index in [-0.39, 0.29) is 12.0 Å². The van der Waals surface area contributed by atoms with Crippen LogP contribution in [0.1, 0.15) is 12.8 Å². The topological polar surface area (TPSA) is 52.6 Å². The van der Waals surface area contributed by atoms with E-state index in [0.29, 0.717) is 0 Å². The molecular formula is C10H18N2O2S. The van der Waals surface area contributed by atoms with Crippen molar-refractivity contribution in [2.24, 2.45) is 0 Å². The molecule has 4 nitrogen and oxygen atoms in total. The number of carboxylic acids is 1. The Balaban J connectivity index is 2.00. The summed E-state index contributed by atoms with van der Waals surface area (Å²) in [5.74, 6) is 1.68. The summed E-state index contributed by atoms with van der Waals surface area (Å²) >= 11 is 1.98. The molecule has 2 saturated heterocycles. The van der Waals surface area contributed by atoms with Crippen LogP contribution < -0.4 is 5.32 Å². The van der Waals surface area contributed by atoms with Crippen LogP contribution >= 0.6 is 11.8 Å². The Kier molecular flexibility index (Phi) is 3.53. The molecule has 2 N–H and O–H groups in total. The van der Waals surface area contributed by atoms with E-state index in [1.807, 2.05) is 11.8 Å². The van der Waals surface area contributed by atoms with E-state index in [0.717, 1.165) is 31.9 Å². The Bertz CT molecular complexity index is 236. The number of aliphatic carboxylic acids is 1. The summed E-state index contributed by atoms with van der Waals surface area (Å²) in [6.07, 6.45) is 1.47. The third-order valence-electron chi connectivity index (χ3n) is 3.28. The molecule has 86 valence electrons. The second-order valence-electron chi connectivity index (χ2n) is 4.35. The third-order valence-corrected chi connectivity index (χ3v) is 4.33. The van der Waals surface area contributed by atoms with Crippen molar-refractivity contribution in [3.8, 4) is 0 Å². The van der Waals surface area contributed by atoms with Crippen molar-refractivity contribution in [3.05, 3.63) is 0 Å². The molecule has 2 aliphatic rings. The van der Waals surface area contributed by atoms with E-state index in [1.165, 1.54) is 12.2 Å². The average molecular weight is 230 g/mol. The van der Waals surface area contributed by atoms with Crippen LogP contribution in [0.5, 0.6) is 0 Å². The predicted octanol–water partition coefficient (Wildman–Crippen LogP) is 0.242. The second kappa shape index (κ2) is 4.72. The maximum absolute atomic E-state index is 10.9. The lowest BCUT2D eigenvalue weighted by atomic mass is 9.86. The monoisotopic (exact) mass is 230 g/mol. The van der Waals surface area contributed by atoms with Crippen molar-refractivity contribution in [2.45, 2.75) is 18.4 Å². The largest absolute Gasteiger partial charge is 0.481 e. The summed E-state index contributed by atoms with van der Waals surface area (Å²) in [5, 5.41) is 12.2. The number of thioether (sulfide) groups is 1. The maximum atomic E-state index is 10.9. The number of nitrogens with one attached hydrogen (secondary N) is 1. The van der Waals surface area contributed by atoms with Gasteiger partial charge in [0, 0.05) is 25.4 Å². The molecule has 5 heteroatoms. The van der Waals surface area contributed by atoms with Crippen LogP contribution in [0.2, 0.25) is 0 Å². The first kappa shape index (κ1) is 11.2. The van der Waals surface area contributed by atoms with Gasteiger partial charge in [-0.3, -0.25) is 9.69 Å². The van der Waals surface area contributed by atoms with Crippen LogP contribution in [0.15, 0.2) is 0 Å². The van der Waals surface area contributed by atoms with Gasteiger partial charge in [0.05, 0.1) is 12.0 Å². The highest BCUT2D eigenvalue weighted by molar-refractivity contribution is 7.99. The molecule has 0 saturated carbocycles. The van der Waals surface area contributed by atoms with Gasteiger partial charge in [-0.2, -0.15) is 11.8 Å². The third kappa shape index (κ3) is 2.46. The molecule has 15 heavy (non-hydrogen) atoms. The van der Waals surface area contributed by atoms with E-state index < -0.39 is 5.97 Å². The zero-order valence-corrected chi connectivity index (χ0v) is 9.68. The zero-order chi connectivity index (χ0) is 10.7. The van der Waals surface area contributed by atoms with Gasteiger partial charge in [-0.05, 0) is 18.7 Å². The van der Waals surface area contributed by atoms with Gasteiger partial charge in [-0.1, -0.05) is 0 Å². The molecule has 0 aromatic rings. The predicted molar refractivity (Wildman–Crippen MR) is 61.4 cm³/mol. The summed E-state index contributed by atoms with van der Waals surface area (Å²) in [4.78, 5) is 13.3. The van der Waals surface area contributed by atoms with Gasteiger partial charge in [0.1, 0.15) is 0 Å². The van der Waals surface area contributed by atoms with Crippen LogP contribution in [0.25, 0.3) is 0 Å². The molecule has 0 aromatic heterocycles. The van der Waals surface area contributed by atoms with Crippen molar-refractivity contribution < 1.29 is 9.90 Å². The van der Waals surface area contributed by atoms with Crippen molar-refractivity contribution in [1.82, 2.24) is 10.2 Å². The minimum absolute atomic E-state index is 0.0866. The Morgan fingerprint density at radius 3 is 2.80 bits per heavy atom. The van der Waals surface area contributed by atoms with Crippen LogP contribution in [-0.2, 0) is 4.79 Å². The molecule has 0 aromatic carbocycles. The summed E-state index contributed by atoms with van der Waals surface area (Å²) in [5.41, 5.74) is -0.0866. The number of nitrogens with zero attached hydrogens (tertiary/aromatic N) is 1. The number of hydrogen-bond acceptors (Lipinski definition) is 4. The van der Waals surface area contributed by atoms with E-state index in [2.05, 4.69) is 10.2 Å². The Labute approximate surface area is 94.4 Å². The second-order valence-corrected chi connectivity index (χ2v) is 5.58. The molecule has 0 bridgehead atoms. The van der Waals surface area contributed by atoms with Crippen LogP contribution in [0, 0.1) is 0 Å². The fraction of sp³-hybridized carbons (Fsp3) is 0.900. The van der Waals surface area contributed by atoms with Gasteiger partial charge in [-0.25, -0.2) is 0 Å². The van der Waals surface area contributed by atoms with Gasteiger partial charge >= 0.3 is 5.97 Å². The Hall–Kier alpha value is -0.260. The lowest BCUT2D eigenvalue weighted by Gasteiger charge is -2.49. The molecule has 2 fully saturated rings. The first-order chi connectivity index (χ1) is 7.23. The van der Waals surface area contributed by atoms with Gasteiger partial charge in [0.2, 0.25) is 0 Å². The molecule has 0 aliphatic carbocycles. The number of rotatable bonds is 3. The molecule has 2 aliphatic heterocycles. The summed E-state index contributed by atoms with van der Waals surface area (Å²) in [7, 11) is 0. The molecule has 2 rings (SSSR count). The molecule has 0 spiro atoms. The molecule has 0 unspecified atom stereocenters. The first-order valence-electron chi connectivity index (χ1n) is 5.48. The van der Waals surface area contributed by atoms with Crippen LogP contribution in [0.4, 0.5) is 0 Å². The fourth-order valence-electron chi connectivity index (χ4n) is 2.38. The lowest BCUT2D eigenvalue weighted by molar-refractivity contribution is -0.141. The number of carbonyl (C=O) groups is 1. The molecule has 0 radical (unpaired) electrons. The lowest BCUT2D eigenvalue weighted by Crippen LogP contribution is -2.69. The number of hydrogen-bond donors (Lipinski definition) is 2. The summed E-state index contributed by atoms with van der Waals surface area (Å²) in [6.45, 7) is 3.77. The van der Waals surface area contributed by atoms with E-state index in [4.69, 9.17) is 5.11 Å². The fourth-order valence-corrected chi connectivity index (χ4v) is 3.26. The Morgan fingerprint density at radius 2 is 2.20 bits per heavy atom. The van der Waals surface area contributed by atoms with Gasteiger partial charge in [0.25, 0.3) is 0 Å². The van der Waals surface area contributed by atoms with Crippen LogP contribution in [0.3, 0.4) is 0 Å². The smallest absolute Gasteiger partial charge is 0.305 e.